The fraction of sp³-hybridized carbons (Fsp3) is 0.333. The average Bonchev–Trinajstić information content (AvgIpc) is 2.63. The van der Waals surface area contributed by atoms with Crippen molar-refractivity contribution >= 4 is 16.6 Å². The van der Waals surface area contributed by atoms with Crippen LogP contribution in [0.25, 0.3) is 10.9 Å². The van der Waals surface area contributed by atoms with E-state index in [2.05, 4.69) is 70.0 Å². The standard InChI is InChI=1S/C21H24N4/c1-16-6-5-9-22-20(16)15-24-10-12-25(13-11-24)21-14-17(2)23-19-8-4-3-7-18(19)21/h3-9,14H,10-13,15H2,1-2H3. The maximum atomic E-state index is 4.67. The molecule has 3 heterocycles. The predicted octanol–water partition coefficient (Wildman–Crippen LogP) is 3.57. The van der Waals surface area contributed by atoms with Crippen molar-refractivity contribution in [1.82, 2.24) is 14.9 Å². The van der Waals surface area contributed by atoms with Gasteiger partial charge in [-0.3, -0.25) is 14.9 Å². The molecule has 0 spiro atoms. The summed E-state index contributed by atoms with van der Waals surface area (Å²) in [6, 6.07) is 14.8. The SMILES string of the molecule is Cc1cc(N2CCN(Cc3ncccc3C)CC2)c2ccccc2n1. The van der Waals surface area contributed by atoms with E-state index in [1.54, 1.807) is 0 Å². The maximum absolute atomic E-state index is 4.67. The molecule has 4 heteroatoms. The van der Waals surface area contributed by atoms with Gasteiger partial charge in [0.05, 0.1) is 11.2 Å². The van der Waals surface area contributed by atoms with Crippen molar-refractivity contribution in [2.24, 2.45) is 0 Å². The van der Waals surface area contributed by atoms with Gasteiger partial charge in [0.15, 0.2) is 0 Å². The molecule has 0 radical (unpaired) electrons. The maximum Gasteiger partial charge on any atom is 0.0726 e. The van der Waals surface area contributed by atoms with Gasteiger partial charge in [-0.05, 0) is 37.6 Å². The quantitative estimate of drug-likeness (QED) is 0.734. The Hall–Kier alpha value is -2.46. The van der Waals surface area contributed by atoms with Gasteiger partial charge in [0.25, 0.3) is 0 Å². The lowest BCUT2D eigenvalue weighted by atomic mass is 10.1. The van der Waals surface area contributed by atoms with Crippen LogP contribution in [0.2, 0.25) is 0 Å². The van der Waals surface area contributed by atoms with Gasteiger partial charge >= 0.3 is 0 Å². The third-order valence-corrected chi connectivity index (χ3v) is 5.03. The van der Waals surface area contributed by atoms with Crippen LogP contribution in [0.1, 0.15) is 17.0 Å². The number of nitrogens with zero attached hydrogens (tertiary/aromatic N) is 4. The van der Waals surface area contributed by atoms with E-state index in [1.807, 2.05) is 12.3 Å². The molecular formula is C21H24N4. The molecule has 3 aromatic rings. The minimum Gasteiger partial charge on any atom is -0.368 e. The number of pyridine rings is 2. The van der Waals surface area contributed by atoms with Gasteiger partial charge in [-0.15, -0.1) is 0 Å². The summed E-state index contributed by atoms with van der Waals surface area (Å²) >= 11 is 0. The zero-order chi connectivity index (χ0) is 17.2. The van der Waals surface area contributed by atoms with Crippen molar-refractivity contribution in [1.29, 1.82) is 0 Å². The first-order chi connectivity index (χ1) is 12.2. The molecule has 4 rings (SSSR count). The van der Waals surface area contributed by atoms with Crippen LogP contribution >= 0.6 is 0 Å². The minimum absolute atomic E-state index is 0.941. The van der Waals surface area contributed by atoms with E-state index in [4.69, 9.17) is 0 Å². The smallest absolute Gasteiger partial charge is 0.0726 e. The fourth-order valence-corrected chi connectivity index (χ4v) is 3.59. The third-order valence-electron chi connectivity index (χ3n) is 5.03. The van der Waals surface area contributed by atoms with Gasteiger partial charge in [0.1, 0.15) is 0 Å². The number of hydrogen-bond acceptors (Lipinski definition) is 4. The van der Waals surface area contributed by atoms with E-state index in [9.17, 15) is 0 Å². The van der Waals surface area contributed by atoms with Gasteiger partial charge in [0, 0.05) is 55.7 Å². The fourth-order valence-electron chi connectivity index (χ4n) is 3.59. The van der Waals surface area contributed by atoms with Crippen LogP contribution in [0.15, 0.2) is 48.7 Å². The lowest BCUT2D eigenvalue weighted by Gasteiger charge is -2.36. The topological polar surface area (TPSA) is 32.3 Å². The molecule has 0 aliphatic carbocycles. The van der Waals surface area contributed by atoms with E-state index in [-0.39, 0.29) is 0 Å². The highest BCUT2D eigenvalue weighted by Gasteiger charge is 2.20. The Balaban J connectivity index is 1.50. The van der Waals surface area contributed by atoms with Crippen LogP contribution in [-0.4, -0.2) is 41.0 Å². The number of aromatic nitrogens is 2. The first kappa shape index (κ1) is 16.0. The average molecular weight is 332 g/mol. The van der Waals surface area contributed by atoms with E-state index < -0.39 is 0 Å². The molecule has 0 saturated carbocycles. The molecular weight excluding hydrogens is 308 g/mol. The first-order valence-electron chi connectivity index (χ1n) is 8.95. The Morgan fingerprint density at radius 2 is 1.76 bits per heavy atom. The summed E-state index contributed by atoms with van der Waals surface area (Å²) in [5.41, 5.74) is 5.96. The number of anilines is 1. The molecule has 4 nitrogen and oxygen atoms in total. The van der Waals surface area contributed by atoms with E-state index in [1.165, 1.54) is 22.3 Å². The van der Waals surface area contributed by atoms with E-state index in [0.29, 0.717) is 0 Å². The van der Waals surface area contributed by atoms with Gasteiger partial charge in [-0.1, -0.05) is 24.3 Å². The van der Waals surface area contributed by atoms with Gasteiger partial charge in [-0.25, -0.2) is 0 Å². The Labute approximate surface area is 149 Å². The minimum atomic E-state index is 0.941. The Morgan fingerprint density at radius 3 is 2.56 bits per heavy atom. The molecule has 0 amide bonds. The molecule has 0 N–H and O–H groups in total. The number of fused-ring (bicyclic) bond motifs is 1. The highest BCUT2D eigenvalue weighted by Crippen LogP contribution is 2.27. The molecule has 0 atom stereocenters. The molecule has 2 aromatic heterocycles. The molecule has 1 saturated heterocycles. The molecule has 25 heavy (non-hydrogen) atoms. The Kier molecular flexibility index (Phi) is 4.36. The molecule has 1 aliphatic rings. The third kappa shape index (κ3) is 3.35. The Morgan fingerprint density at radius 1 is 0.960 bits per heavy atom. The van der Waals surface area contributed by atoms with Crippen molar-refractivity contribution in [3.63, 3.8) is 0 Å². The van der Waals surface area contributed by atoms with Gasteiger partial charge in [-0.2, -0.15) is 0 Å². The summed E-state index contributed by atoms with van der Waals surface area (Å²) in [5.74, 6) is 0. The number of piperazine rings is 1. The molecule has 1 fully saturated rings. The summed E-state index contributed by atoms with van der Waals surface area (Å²) in [7, 11) is 0. The highest BCUT2D eigenvalue weighted by atomic mass is 15.3. The van der Waals surface area contributed by atoms with Crippen molar-refractivity contribution in [2.45, 2.75) is 20.4 Å². The zero-order valence-electron chi connectivity index (χ0n) is 14.9. The summed E-state index contributed by atoms with van der Waals surface area (Å²) in [6.45, 7) is 9.37. The second kappa shape index (κ2) is 6.81. The lowest BCUT2D eigenvalue weighted by Crippen LogP contribution is -2.46. The molecule has 0 unspecified atom stereocenters. The van der Waals surface area contributed by atoms with Crippen molar-refractivity contribution in [3.05, 3.63) is 65.6 Å². The molecule has 1 aromatic carbocycles. The van der Waals surface area contributed by atoms with Crippen molar-refractivity contribution < 1.29 is 0 Å². The summed E-state index contributed by atoms with van der Waals surface area (Å²) < 4.78 is 0. The number of hydrogen-bond donors (Lipinski definition) is 0. The number of benzene rings is 1. The van der Waals surface area contributed by atoms with Crippen LogP contribution in [0.5, 0.6) is 0 Å². The molecule has 1 aliphatic heterocycles. The second-order valence-electron chi connectivity index (χ2n) is 6.83. The van der Waals surface area contributed by atoms with Crippen molar-refractivity contribution in [3.8, 4) is 0 Å². The zero-order valence-corrected chi connectivity index (χ0v) is 14.9. The largest absolute Gasteiger partial charge is 0.368 e. The molecule has 128 valence electrons. The van der Waals surface area contributed by atoms with Crippen LogP contribution in [0.4, 0.5) is 5.69 Å². The van der Waals surface area contributed by atoms with Crippen LogP contribution < -0.4 is 4.90 Å². The predicted molar refractivity (Wildman–Crippen MR) is 103 cm³/mol. The normalized spacial score (nSPS) is 15.7. The first-order valence-corrected chi connectivity index (χ1v) is 8.95. The molecule has 0 bridgehead atoms. The number of rotatable bonds is 3. The van der Waals surface area contributed by atoms with Crippen LogP contribution in [0, 0.1) is 13.8 Å². The monoisotopic (exact) mass is 332 g/mol. The van der Waals surface area contributed by atoms with E-state index in [0.717, 1.165) is 43.9 Å². The second-order valence-corrected chi connectivity index (χ2v) is 6.83. The number of aryl methyl sites for hydroxylation is 2. The Bertz CT molecular complexity index is 882. The van der Waals surface area contributed by atoms with Gasteiger partial charge in [0.2, 0.25) is 0 Å². The van der Waals surface area contributed by atoms with Crippen molar-refractivity contribution in [2.75, 3.05) is 31.1 Å². The van der Waals surface area contributed by atoms with Gasteiger partial charge < -0.3 is 4.90 Å². The number of para-hydroxylation sites is 1. The van der Waals surface area contributed by atoms with Crippen LogP contribution in [-0.2, 0) is 6.54 Å². The summed E-state index contributed by atoms with van der Waals surface area (Å²) in [4.78, 5) is 14.2. The summed E-state index contributed by atoms with van der Waals surface area (Å²) in [5, 5.41) is 1.25. The lowest BCUT2D eigenvalue weighted by molar-refractivity contribution is 0.247. The summed E-state index contributed by atoms with van der Waals surface area (Å²) in [6.07, 6.45) is 1.89. The highest BCUT2D eigenvalue weighted by molar-refractivity contribution is 5.92. The van der Waals surface area contributed by atoms with Crippen LogP contribution in [0.3, 0.4) is 0 Å². The van der Waals surface area contributed by atoms with E-state index >= 15 is 0 Å².